The van der Waals surface area contributed by atoms with E-state index in [1.165, 1.54) is 0 Å². The second kappa shape index (κ2) is 5.33. The molecule has 1 N–H and O–H groups in total. The molecule has 0 aromatic heterocycles. The van der Waals surface area contributed by atoms with E-state index < -0.39 is 5.41 Å². The van der Waals surface area contributed by atoms with Crippen LogP contribution in [-0.4, -0.2) is 48.6 Å². The number of likely N-dealkylation sites (tertiary alicyclic amines) is 1. The third kappa shape index (κ3) is 2.42. The first-order valence-corrected chi connectivity index (χ1v) is 7.45. The number of amides is 2. The van der Waals surface area contributed by atoms with E-state index in [1.807, 2.05) is 6.92 Å². The highest BCUT2D eigenvalue weighted by Gasteiger charge is 2.54. The van der Waals surface area contributed by atoms with Crippen molar-refractivity contribution >= 4 is 11.8 Å². The molecular formula is C14H22N2O4. The molecule has 112 valence electrons. The van der Waals surface area contributed by atoms with Crippen molar-refractivity contribution in [2.75, 3.05) is 19.7 Å². The SMILES string of the molecule is C[C@]1(C(=O)NOCCN2CCCC2=O)C[C@H]2CC[C@@H]1O2. The summed E-state index contributed by atoms with van der Waals surface area (Å²) in [6.45, 7) is 3.62. The van der Waals surface area contributed by atoms with Gasteiger partial charge in [-0.3, -0.25) is 14.4 Å². The van der Waals surface area contributed by atoms with Crippen LogP contribution in [-0.2, 0) is 19.2 Å². The first-order valence-electron chi connectivity index (χ1n) is 7.45. The molecule has 3 atom stereocenters. The number of nitrogens with one attached hydrogen (secondary N) is 1. The average Bonchev–Trinajstić information content (AvgIpc) is 3.11. The Morgan fingerprint density at radius 1 is 1.55 bits per heavy atom. The monoisotopic (exact) mass is 282 g/mol. The Morgan fingerprint density at radius 2 is 2.40 bits per heavy atom. The molecule has 0 unspecified atom stereocenters. The summed E-state index contributed by atoms with van der Waals surface area (Å²) in [6, 6.07) is 0. The van der Waals surface area contributed by atoms with E-state index in [9.17, 15) is 9.59 Å². The Balaban J connectivity index is 1.40. The van der Waals surface area contributed by atoms with Gasteiger partial charge in [0.2, 0.25) is 5.91 Å². The number of fused-ring (bicyclic) bond motifs is 2. The summed E-state index contributed by atoms with van der Waals surface area (Å²) >= 11 is 0. The van der Waals surface area contributed by atoms with Gasteiger partial charge in [0.1, 0.15) is 0 Å². The van der Waals surface area contributed by atoms with Crippen LogP contribution in [0.2, 0.25) is 0 Å². The molecule has 0 aromatic carbocycles. The van der Waals surface area contributed by atoms with Crippen molar-refractivity contribution in [3.05, 3.63) is 0 Å². The maximum atomic E-state index is 12.2. The average molecular weight is 282 g/mol. The van der Waals surface area contributed by atoms with E-state index in [4.69, 9.17) is 9.57 Å². The molecule has 20 heavy (non-hydrogen) atoms. The van der Waals surface area contributed by atoms with Gasteiger partial charge in [-0.15, -0.1) is 0 Å². The number of carbonyl (C=O) groups is 2. The highest BCUT2D eigenvalue weighted by atomic mass is 16.7. The summed E-state index contributed by atoms with van der Waals surface area (Å²) in [5.74, 6) is 0.0749. The minimum Gasteiger partial charge on any atom is -0.374 e. The van der Waals surface area contributed by atoms with E-state index in [2.05, 4.69) is 5.48 Å². The van der Waals surface area contributed by atoms with E-state index >= 15 is 0 Å². The molecule has 3 fully saturated rings. The van der Waals surface area contributed by atoms with Gasteiger partial charge in [-0.1, -0.05) is 0 Å². The highest BCUT2D eigenvalue weighted by molar-refractivity contribution is 5.82. The van der Waals surface area contributed by atoms with Crippen molar-refractivity contribution in [3.63, 3.8) is 0 Å². The minimum absolute atomic E-state index is 0.0243. The van der Waals surface area contributed by atoms with Gasteiger partial charge in [0.25, 0.3) is 5.91 Å². The van der Waals surface area contributed by atoms with Crippen molar-refractivity contribution in [2.24, 2.45) is 5.41 Å². The molecule has 0 saturated carbocycles. The Hall–Kier alpha value is -1.14. The number of nitrogens with zero attached hydrogens (tertiary/aromatic N) is 1. The molecule has 0 radical (unpaired) electrons. The maximum absolute atomic E-state index is 12.2. The largest absolute Gasteiger partial charge is 0.374 e. The molecule has 2 bridgehead atoms. The number of carbonyl (C=O) groups excluding carboxylic acids is 2. The standard InChI is InChI=1S/C14H22N2O4/c1-14(9-10-4-5-11(14)20-10)13(18)15-19-8-7-16-6-2-3-12(16)17/h10-11H,2-9H2,1H3,(H,15,18)/t10-,11+,14+/m1/s1. The molecule has 3 heterocycles. The van der Waals surface area contributed by atoms with E-state index in [-0.39, 0.29) is 24.0 Å². The van der Waals surface area contributed by atoms with Crippen molar-refractivity contribution in [3.8, 4) is 0 Å². The van der Waals surface area contributed by atoms with Crippen LogP contribution in [0.4, 0.5) is 0 Å². The summed E-state index contributed by atoms with van der Waals surface area (Å²) < 4.78 is 5.74. The van der Waals surface area contributed by atoms with Crippen LogP contribution in [0.1, 0.15) is 39.0 Å². The summed E-state index contributed by atoms with van der Waals surface area (Å²) in [7, 11) is 0. The second-order valence-electron chi connectivity index (χ2n) is 6.21. The molecule has 3 rings (SSSR count). The van der Waals surface area contributed by atoms with Crippen LogP contribution in [0.15, 0.2) is 0 Å². The molecule has 0 aromatic rings. The lowest BCUT2D eigenvalue weighted by molar-refractivity contribution is -0.146. The van der Waals surface area contributed by atoms with Gasteiger partial charge < -0.3 is 9.64 Å². The Morgan fingerprint density at radius 3 is 3.00 bits per heavy atom. The summed E-state index contributed by atoms with van der Waals surface area (Å²) in [4.78, 5) is 30.7. The summed E-state index contributed by atoms with van der Waals surface area (Å²) in [5.41, 5.74) is 2.07. The molecule has 3 aliphatic heterocycles. The van der Waals surface area contributed by atoms with Gasteiger partial charge in [-0.2, -0.15) is 0 Å². The smallest absolute Gasteiger partial charge is 0.252 e. The van der Waals surface area contributed by atoms with Crippen LogP contribution in [0.25, 0.3) is 0 Å². The molecule has 3 saturated heterocycles. The number of hydroxylamine groups is 1. The third-order valence-corrected chi connectivity index (χ3v) is 4.79. The van der Waals surface area contributed by atoms with E-state index in [0.717, 1.165) is 32.2 Å². The fourth-order valence-corrected chi connectivity index (χ4v) is 3.50. The zero-order valence-corrected chi connectivity index (χ0v) is 11.9. The number of ether oxygens (including phenoxy) is 1. The zero-order valence-electron chi connectivity index (χ0n) is 11.9. The summed E-state index contributed by atoms with van der Waals surface area (Å²) in [6.07, 6.45) is 4.60. The third-order valence-electron chi connectivity index (χ3n) is 4.79. The lowest BCUT2D eigenvalue weighted by atomic mass is 9.75. The molecule has 3 aliphatic rings. The number of hydrogen-bond donors (Lipinski definition) is 1. The van der Waals surface area contributed by atoms with Gasteiger partial charge in [0, 0.05) is 19.5 Å². The van der Waals surface area contributed by atoms with Crippen LogP contribution in [0.3, 0.4) is 0 Å². The van der Waals surface area contributed by atoms with Crippen LogP contribution >= 0.6 is 0 Å². The first kappa shape index (κ1) is 13.8. The molecule has 0 aliphatic carbocycles. The minimum atomic E-state index is -0.466. The van der Waals surface area contributed by atoms with Crippen molar-refractivity contribution < 1.29 is 19.2 Å². The predicted molar refractivity (Wildman–Crippen MR) is 70.5 cm³/mol. The normalized spacial score (nSPS) is 35.9. The first-order chi connectivity index (χ1) is 9.59. The van der Waals surface area contributed by atoms with Gasteiger partial charge in [0.15, 0.2) is 0 Å². The quantitative estimate of drug-likeness (QED) is 0.593. The fourth-order valence-electron chi connectivity index (χ4n) is 3.50. The van der Waals surface area contributed by atoms with Gasteiger partial charge >= 0.3 is 0 Å². The molecule has 6 nitrogen and oxygen atoms in total. The fraction of sp³-hybridized carbons (Fsp3) is 0.857. The molecular weight excluding hydrogens is 260 g/mol. The lowest BCUT2D eigenvalue weighted by Gasteiger charge is -2.29. The molecule has 2 amide bonds. The Bertz CT molecular complexity index is 414. The Labute approximate surface area is 118 Å². The number of rotatable bonds is 5. The lowest BCUT2D eigenvalue weighted by Crippen LogP contribution is -2.45. The van der Waals surface area contributed by atoms with E-state index in [1.54, 1.807) is 4.90 Å². The molecule has 0 spiro atoms. The van der Waals surface area contributed by atoms with Crippen molar-refractivity contribution in [1.29, 1.82) is 0 Å². The van der Waals surface area contributed by atoms with Crippen LogP contribution in [0, 0.1) is 5.41 Å². The second-order valence-corrected chi connectivity index (χ2v) is 6.21. The topological polar surface area (TPSA) is 67.9 Å². The van der Waals surface area contributed by atoms with Gasteiger partial charge in [-0.25, -0.2) is 5.48 Å². The number of hydrogen-bond acceptors (Lipinski definition) is 4. The van der Waals surface area contributed by atoms with Crippen LogP contribution < -0.4 is 5.48 Å². The zero-order chi connectivity index (χ0) is 14.2. The van der Waals surface area contributed by atoms with Crippen molar-refractivity contribution in [2.45, 2.75) is 51.2 Å². The van der Waals surface area contributed by atoms with Crippen molar-refractivity contribution in [1.82, 2.24) is 10.4 Å². The highest BCUT2D eigenvalue weighted by Crippen LogP contribution is 2.47. The maximum Gasteiger partial charge on any atom is 0.252 e. The predicted octanol–water partition coefficient (Wildman–Crippen LogP) is 0.614. The van der Waals surface area contributed by atoms with Gasteiger partial charge in [-0.05, 0) is 32.6 Å². The Kier molecular flexibility index (Phi) is 3.69. The summed E-state index contributed by atoms with van der Waals surface area (Å²) in [5, 5.41) is 0. The molecule has 6 heteroatoms. The van der Waals surface area contributed by atoms with Gasteiger partial charge in [0.05, 0.1) is 24.2 Å². The van der Waals surface area contributed by atoms with E-state index in [0.29, 0.717) is 19.6 Å². The van der Waals surface area contributed by atoms with Crippen LogP contribution in [0.5, 0.6) is 0 Å².